The van der Waals surface area contributed by atoms with E-state index in [-0.39, 0.29) is 6.03 Å². The Balaban J connectivity index is 1.25. The second kappa shape index (κ2) is 9.34. The van der Waals surface area contributed by atoms with Crippen LogP contribution in [0.4, 0.5) is 4.79 Å². The number of nitrogens with one attached hydrogen (secondary N) is 1. The van der Waals surface area contributed by atoms with Gasteiger partial charge in [-0.25, -0.2) is 9.78 Å². The van der Waals surface area contributed by atoms with Gasteiger partial charge in [0.25, 0.3) is 0 Å². The molecule has 4 aromatic rings. The van der Waals surface area contributed by atoms with Crippen LogP contribution < -0.4 is 4.74 Å². The lowest BCUT2D eigenvalue weighted by Gasteiger charge is -2.36. The molecule has 1 unspecified atom stereocenters. The Hall–Kier alpha value is -3.80. The molecule has 184 valence electrons. The summed E-state index contributed by atoms with van der Waals surface area (Å²) in [5.41, 5.74) is 7.74. The average Bonchev–Trinajstić information content (AvgIpc) is 3.14. The van der Waals surface area contributed by atoms with E-state index in [1.54, 1.807) is 0 Å². The summed E-state index contributed by atoms with van der Waals surface area (Å²) >= 11 is 0. The molecule has 1 aromatic heterocycles. The molecule has 6 nitrogen and oxygen atoms in total. The number of aryl methyl sites for hydroxylation is 2. The quantitative estimate of drug-likeness (QED) is 0.380. The number of aromatic nitrogens is 2. The second-order valence-corrected chi connectivity index (χ2v) is 10.1. The van der Waals surface area contributed by atoms with Crippen LogP contribution in [0.25, 0.3) is 22.2 Å². The molecular formula is C30H32N4O2. The standard InChI is InChI=1S/C30H32N4O2/c1-20-15-25(23-10-11-27-28(17-23)32-21(2)31-27)16-26-19-34(13-14-36-29(20)26)30(35)33-12-6-9-24(18-33)22-7-4-3-5-8-22/h3-5,7-8,10-11,15-17,24H,6,9,12-14,18-19H2,1-2H3,(H,31,32). The van der Waals surface area contributed by atoms with Gasteiger partial charge in [-0.1, -0.05) is 36.4 Å². The van der Waals surface area contributed by atoms with Gasteiger partial charge in [0.1, 0.15) is 18.2 Å². The van der Waals surface area contributed by atoms with Crippen LogP contribution in [0.1, 0.15) is 41.3 Å². The van der Waals surface area contributed by atoms with Crippen molar-refractivity contribution in [1.82, 2.24) is 19.8 Å². The minimum atomic E-state index is 0.115. The van der Waals surface area contributed by atoms with Crippen LogP contribution in [-0.4, -0.2) is 52.0 Å². The number of H-pyrrole nitrogens is 1. The monoisotopic (exact) mass is 480 g/mol. The number of hydrogen-bond acceptors (Lipinski definition) is 3. The fourth-order valence-corrected chi connectivity index (χ4v) is 5.71. The largest absolute Gasteiger partial charge is 0.491 e. The van der Waals surface area contributed by atoms with Crippen molar-refractivity contribution in [2.24, 2.45) is 0 Å². The molecular weight excluding hydrogens is 448 g/mol. The smallest absolute Gasteiger partial charge is 0.320 e. The predicted molar refractivity (Wildman–Crippen MR) is 142 cm³/mol. The van der Waals surface area contributed by atoms with Gasteiger partial charge in [0, 0.05) is 24.6 Å². The molecule has 2 aliphatic heterocycles. The molecule has 1 fully saturated rings. The lowest BCUT2D eigenvalue weighted by atomic mass is 9.91. The van der Waals surface area contributed by atoms with Gasteiger partial charge in [0.05, 0.1) is 24.1 Å². The van der Waals surface area contributed by atoms with E-state index in [1.807, 2.05) is 22.8 Å². The highest BCUT2D eigenvalue weighted by molar-refractivity contribution is 5.82. The van der Waals surface area contributed by atoms with Crippen LogP contribution in [0, 0.1) is 13.8 Å². The van der Waals surface area contributed by atoms with Gasteiger partial charge in [-0.05, 0) is 73.2 Å². The van der Waals surface area contributed by atoms with E-state index >= 15 is 0 Å². The Morgan fingerprint density at radius 2 is 1.86 bits per heavy atom. The molecule has 3 heterocycles. The van der Waals surface area contributed by atoms with E-state index in [2.05, 4.69) is 71.5 Å². The van der Waals surface area contributed by atoms with Gasteiger partial charge >= 0.3 is 6.03 Å². The van der Waals surface area contributed by atoms with Crippen LogP contribution in [0.15, 0.2) is 60.7 Å². The molecule has 6 rings (SSSR count). The Morgan fingerprint density at radius 3 is 2.72 bits per heavy atom. The van der Waals surface area contributed by atoms with E-state index in [1.165, 1.54) is 5.56 Å². The number of urea groups is 1. The van der Waals surface area contributed by atoms with Gasteiger partial charge in [-0.2, -0.15) is 0 Å². The summed E-state index contributed by atoms with van der Waals surface area (Å²) in [6, 6.07) is 21.4. The van der Waals surface area contributed by atoms with Crippen LogP contribution in [0.2, 0.25) is 0 Å². The average molecular weight is 481 g/mol. The zero-order chi connectivity index (χ0) is 24.6. The summed E-state index contributed by atoms with van der Waals surface area (Å²) in [4.78, 5) is 25.5. The van der Waals surface area contributed by atoms with E-state index < -0.39 is 0 Å². The molecule has 6 heteroatoms. The Bertz CT molecular complexity index is 1410. The van der Waals surface area contributed by atoms with Crippen LogP contribution >= 0.6 is 0 Å². The summed E-state index contributed by atoms with van der Waals surface area (Å²) in [6.45, 7) is 7.31. The van der Waals surface area contributed by atoms with E-state index in [0.717, 1.165) is 70.8 Å². The van der Waals surface area contributed by atoms with Gasteiger partial charge in [0.15, 0.2) is 0 Å². The molecule has 2 aliphatic rings. The van der Waals surface area contributed by atoms with E-state index in [4.69, 9.17) is 4.74 Å². The number of fused-ring (bicyclic) bond motifs is 2. The highest BCUT2D eigenvalue weighted by Crippen LogP contribution is 2.34. The van der Waals surface area contributed by atoms with Crippen molar-refractivity contribution in [3.8, 4) is 16.9 Å². The summed E-state index contributed by atoms with van der Waals surface area (Å²) in [5, 5.41) is 0. The molecule has 3 aromatic carbocycles. The van der Waals surface area contributed by atoms with Crippen molar-refractivity contribution in [1.29, 1.82) is 0 Å². The van der Waals surface area contributed by atoms with E-state index in [0.29, 0.717) is 25.6 Å². The molecule has 36 heavy (non-hydrogen) atoms. The molecule has 1 atom stereocenters. The zero-order valence-electron chi connectivity index (χ0n) is 21.0. The number of benzene rings is 3. The van der Waals surface area contributed by atoms with Gasteiger partial charge in [-0.3, -0.25) is 0 Å². The molecule has 0 spiro atoms. The number of aromatic amines is 1. The Morgan fingerprint density at radius 1 is 1.00 bits per heavy atom. The maximum Gasteiger partial charge on any atom is 0.320 e. The summed E-state index contributed by atoms with van der Waals surface area (Å²) in [5.74, 6) is 2.22. The van der Waals surface area contributed by atoms with Crippen LogP contribution in [0.3, 0.4) is 0 Å². The first-order chi connectivity index (χ1) is 17.5. The number of nitrogens with zero attached hydrogens (tertiary/aromatic N) is 3. The number of hydrogen-bond donors (Lipinski definition) is 1. The molecule has 1 N–H and O–H groups in total. The zero-order valence-corrected chi connectivity index (χ0v) is 21.0. The number of likely N-dealkylation sites (tertiary alicyclic amines) is 1. The third-order valence-corrected chi connectivity index (χ3v) is 7.49. The molecule has 0 aliphatic carbocycles. The summed E-state index contributed by atoms with van der Waals surface area (Å²) in [6.07, 6.45) is 2.16. The number of piperidine rings is 1. The first-order valence-corrected chi connectivity index (χ1v) is 12.9. The van der Waals surface area contributed by atoms with Crippen molar-refractivity contribution < 1.29 is 9.53 Å². The lowest BCUT2D eigenvalue weighted by molar-refractivity contribution is 0.132. The number of imidazole rings is 1. The predicted octanol–water partition coefficient (Wildman–Crippen LogP) is 6.04. The summed E-state index contributed by atoms with van der Waals surface area (Å²) < 4.78 is 6.17. The SMILES string of the molecule is Cc1nc2ccc(-c3cc(C)c4c(c3)CN(C(=O)N3CCCC(c5ccccc5)C3)CCO4)cc2[nH]1. The minimum absolute atomic E-state index is 0.115. The maximum absolute atomic E-state index is 13.7. The Labute approximate surface area is 211 Å². The third-order valence-electron chi connectivity index (χ3n) is 7.49. The molecule has 0 saturated carbocycles. The van der Waals surface area contributed by atoms with Crippen LogP contribution in [0.5, 0.6) is 5.75 Å². The second-order valence-electron chi connectivity index (χ2n) is 10.1. The normalized spacial score (nSPS) is 18.0. The first-order valence-electron chi connectivity index (χ1n) is 12.9. The van der Waals surface area contributed by atoms with E-state index in [9.17, 15) is 4.79 Å². The van der Waals surface area contributed by atoms with Crippen molar-refractivity contribution in [2.45, 2.75) is 39.2 Å². The molecule has 1 saturated heterocycles. The number of amides is 2. The highest BCUT2D eigenvalue weighted by atomic mass is 16.5. The fourth-order valence-electron chi connectivity index (χ4n) is 5.71. The lowest BCUT2D eigenvalue weighted by Crippen LogP contribution is -2.47. The number of carbonyl (C=O) groups is 1. The topological polar surface area (TPSA) is 61.5 Å². The molecule has 0 bridgehead atoms. The summed E-state index contributed by atoms with van der Waals surface area (Å²) in [7, 11) is 0. The molecule has 0 radical (unpaired) electrons. The fraction of sp³-hybridized carbons (Fsp3) is 0.333. The minimum Gasteiger partial charge on any atom is -0.491 e. The maximum atomic E-state index is 13.7. The third kappa shape index (κ3) is 4.32. The highest BCUT2D eigenvalue weighted by Gasteiger charge is 2.30. The number of ether oxygens (including phenoxy) is 1. The number of carbonyl (C=O) groups excluding carboxylic acids is 1. The van der Waals surface area contributed by atoms with Crippen molar-refractivity contribution in [2.75, 3.05) is 26.2 Å². The van der Waals surface area contributed by atoms with Crippen molar-refractivity contribution in [3.05, 3.63) is 83.2 Å². The number of rotatable bonds is 2. The van der Waals surface area contributed by atoms with Crippen molar-refractivity contribution in [3.63, 3.8) is 0 Å². The Kier molecular flexibility index (Phi) is 5.88. The van der Waals surface area contributed by atoms with Gasteiger partial charge in [0.2, 0.25) is 0 Å². The van der Waals surface area contributed by atoms with Gasteiger partial charge in [-0.15, -0.1) is 0 Å². The molecule has 2 amide bonds. The van der Waals surface area contributed by atoms with Crippen LogP contribution in [-0.2, 0) is 6.54 Å². The van der Waals surface area contributed by atoms with Gasteiger partial charge < -0.3 is 19.5 Å². The van der Waals surface area contributed by atoms with Crippen molar-refractivity contribution >= 4 is 17.1 Å². The first kappa shape index (κ1) is 22.7.